The number of amides is 3. The molecule has 1 atom stereocenters. The number of aliphatic carboxylic acids is 1. The maximum atomic E-state index is 11.5. The normalized spacial score (nSPS) is 11.5. The highest BCUT2D eigenvalue weighted by atomic mass is 16.5. The first-order valence-corrected chi connectivity index (χ1v) is 7.04. The molecule has 0 aliphatic heterocycles. The molecule has 0 spiro atoms. The van der Waals surface area contributed by atoms with Crippen molar-refractivity contribution in [2.24, 2.45) is 0 Å². The number of hydrogen-bond donors (Lipinski definition) is 4. The molecule has 1 unspecified atom stereocenters. The number of urea groups is 1. The molecule has 0 aliphatic carbocycles. The Kier molecular flexibility index (Phi) is 10.9. The van der Waals surface area contributed by atoms with E-state index in [1.54, 1.807) is 0 Å². The largest absolute Gasteiger partial charge is 0.480 e. The lowest BCUT2D eigenvalue weighted by molar-refractivity contribution is -0.139. The molecule has 0 heterocycles. The van der Waals surface area contributed by atoms with Crippen LogP contribution < -0.4 is 16.0 Å². The molecule has 0 aliphatic rings. The Hall–Kier alpha value is -1.83. The number of nitrogens with one attached hydrogen (secondary N) is 3. The fourth-order valence-electron chi connectivity index (χ4n) is 1.55. The van der Waals surface area contributed by atoms with Gasteiger partial charge in [0.15, 0.2) is 0 Å². The molecule has 0 saturated carbocycles. The van der Waals surface area contributed by atoms with Crippen molar-refractivity contribution in [2.45, 2.75) is 38.6 Å². The molecule has 0 rings (SSSR count). The van der Waals surface area contributed by atoms with Gasteiger partial charge in [0.25, 0.3) is 0 Å². The number of carboxylic acid groups (broad SMARTS) is 1. The van der Waals surface area contributed by atoms with Gasteiger partial charge in [0.05, 0.1) is 6.61 Å². The molecule has 0 aromatic carbocycles. The Morgan fingerprint density at radius 3 is 2.48 bits per heavy atom. The first-order chi connectivity index (χ1) is 10.0. The van der Waals surface area contributed by atoms with E-state index in [2.05, 4.69) is 16.0 Å². The van der Waals surface area contributed by atoms with Crippen LogP contribution in [0.1, 0.15) is 32.6 Å². The topological polar surface area (TPSA) is 117 Å². The van der Waals surface area contributed by atoms with Crippen LogP contribution in [0.2, 0.25) is 0 Å². The Morgan fingerprint density at radius 1 is 1.19 bits per heavy atom. The summed E-state index contributed by atoms with van der Waals surface area (Å²) in [7, 11) is 1.54. The molecule has 0 bridgehead atoms. The molecule has 3 amide bonds. The van der Waals surface area contributed by atoms with Crippen molar-refractivity contribution in [1.82, 2.24) is 16.0 Å². The summed E-state index contributed by atoms with van der Waals surface area (Å²) in [6.45, 7) is 2.93. The van der Waals surface area contributed by atoms with E-state index < -0.39 is 18.0 Å². The zero-order valence-corrected chi connectivity index (χ0v) is 12.6. The van der Waals surface area contributed by atoms with E-state index in [-0.39, 0.29) is 18.9 Å². The average molecular weight is 303 g/mol. The summed E-state index contributed by atoms with van der Waals surface area (Å²) in [5.74, 6) is -1.26. The van der Waals surface area contributed by atoms with Crippen LogP contribution in [0.4, 0.5) is 4.79 Å². The third kappa shape index (κ3) is 10.6. The Balaban J connectivity index is 3.86. The van der Waals surface area contributed by atoms with Gasteiger partial charge in [-0.25, -0.2) is 9.59 Å². The van der Waals surface area contributed by atoms with Crippen LogP contribution in [0.25, 0.3) is 0 Å². The number of carboxylic acids is 1. The lowest BCUT2D eigenvalue weighted by atomic mass is 10.1. The van der Waals surface area contributed by atoms with Gasteiger partial charge in [-0.1, -0.05) is 19.8 Å². The van der Waals surface area contributed by atoms with Crippen LogP contribution >= 0.6 is 0 Å². The number of carbonyl (C=O) groups excluding carboxylic acids is 2. The molecule has 0 saturated heterocycles. The maximum absolute atomic E-state index is 11.5. The van der Waals surface area contributed by atoms with Crippen LogP contribution in [-0.4, -0.2) is 55.9 Å². The number of hydrogen-bond acceptors (Lipinski definition) is 4. The second-order valence-electron chi connectivity index (χ2n) is 4.53. The first kappa shape index (κ1) is 19.2. The van der Waals surface area contributed by atoms with Gasteiger partial charge in [-0.2, -0.15) is 0 Å². The molecule has 0 aromatic rings. The number of ether oxygens (including phenoxy) is 1. The zero-order chi connectivity index (χ0) is 16.1. The molecular weight excluding hydrogens is 278 g/mol. The minimum absolute atomic E-state index is 0.129. The van der Waals surface area contributed by atoms with Crippen LogP contribution in [0.5, 0.6) is 0 Å². The highest BCUT2D eigenvalue weighted by molar-refractivity contribution is 5.83. The fraction of sp³-hybridized carbons (Fsp3) is 0.769. The molecule has 122 valence electrons. The number of carbonyl (C=O) groups is 3. The van der Waals surface area contributed by atoms with Crippen molar-refractivity contribution in [1.29, 1.82) is 0 Å². The second-order valence-corrected chi connectivity index (χ2v) is 4.53. The molecule has 8 nitrogen and oxygen atoms in total. The van der Waals surface area contributed by atoms with Crippen LogP contribution in [0.3, 0.4) is 0 Å². The van der Waals surface area contributed by atoms with Gasteiger partial charge in [-0.15, -0.1) is 0 Å². The van der Waals surface area contributed by atoms with Crippen LogP contribution in [-0.2, 0) is 14.3 Å². The highest BCUT2D eigenvalue weighted by Gasteiger charge is 2.18. The minimum Gasteiger partial charge on any atom is -0.480 e. The standard InChI is InChI=1S/C13H25N3O5/c1-3-4-5-10(12(18)19)16-13(20)15-7-6-11(17)14-8-9-21-2/h10H,3-9H2,1-2H3,(H,14,17)(H,18,19)(H2,15,16,20). The Bertz CT molecular complexity index is 336. The molecular formula is C13H25N3O5. The van der Waals surface area contributed by atoms with Gasteiger partial charge in [0.2, 0.25) is 5.91 Å². The Labute approximate surface area is 124 Å². The SMILES string of the molecule is CCCCC(NC(=O)NCCC(=O)NCCOC)C(=O)O. The third-order valence-electron chi connectivity index (χ3n) is 2.72. The average Bonchev–Trinajstić information content (AvgIpc) is 2.43. The van der Waals surface area contributed by atoms with E-state index in [0.717, 1.165) is 12.8 Å². The summed E-state index contributed by atoms with van der Waals surface area (Å²) >= 11 is 0. The lowest BCUT2D eigenvalue weighted by Crippen LogP contribution is -2.46. The predicted octanol–water partition coefficient (Wildman–Crippen LogP) is 0.0817. The maximum Gasteiger partial charge on any atom is 0.326 e. The van der Waals surface area contributed by atoms with Gasteiger partial charge in [-0.3, -0.25) is 4.79 Å². The summed E-state index contributed by atoms with van der Waals surface area (Å²) in [5, 5.41) is 16.4. The van der Waals surface area contributed by atoms with Gasteiger partial charge >= 0.3 is 12.0 Å². The molecule has 4 N–H and O–H groups in total. The van der Waals surface area contributed by atoms with E-state index >= 15 is 0 Å². The van der Waals surface area contributed by atoms with Gasteiger partial charge in [0, 0.05) is 26.6 Å². The van der Waals surface area contributed by atoms with Gasteiger partial charge in [0.1, 0.15) is 6.04 Å². The van der Waals surface area contributed by atoms with E-state index in [9.17, 15) is 14.4 Å². The number of unbranched alkanes of at least 4 members (excludes halogenated alkanes) is 1. The fourth-order valence-corrected chi connectivity index (χ4v) is 1.55. The van der Waals surface area contributed by atoms with E-state index in [0.29, 0.717) is 19.6 Å². The summed E-state index contributed by atoms with van der Waals surface area (Å²) in [4.78, 5) is 33.8. The summed E-state index contributed by atoms with van der Waals surface area (Å²) in [6, 6.07) is -1.48. The second kappa shape index (κ2) is 12.0. The quantitative estimate of drug-likeness (QED) is 0.403. The van der Waals surface area contributed by atoms with Crippen molar-refractivity contribution < 1.29 is 24.2 Å². The molecule has 0 radical (unpaired) electrons. The van der Waals surface area contributed by atoms with Crippen molar-refractivity contribution in [3.05, 3.63) is 0 Å². The van der Waals surface area contributed by atoms with Crippen LogP contribution in [0, 0.1) is 0 Å². The monoisotopic (exact) mass is 303 g/mol. The number of methoxy groups -OCH3 is 1. The first-order valence-electron chi connectivity index (χ1n) is 7.04. The van der Waals surface area contributed by atoms with Gasteiger partial charge < -0.3 is 25.8 Å². The minimum atomic E-state index is -1.06. The summed E-state index contributed by atoms with van der Waals surface area (Å²) in [6.07, 6.45) is 2.09. The van der Waals surface area contributed by atoms with E-state index in [4.69, 9.17) is 9.84 Å². The summed E-state index contributed by atoms with van der Waals surface area (Å²) in [5.41, 5.74) is 0. The van der Waals surface area contributed by atoms with Crippen molar-refractivity contribution >= 4 is 17.9 Å². The van der Waals surface area contributed by atoms with E-state index in [1.165, 1.54) is 7.11 Å². The van der Waals surface area contributed by atoms with Crippen molar-refractivity contribution in [3.8, 4) is 0 Å². The highest BCUT2D eigenvalue weighted by Crippen LogP contribution is 2.00. The molecule has 21 heavy (non-hydrogen) atoms. The van der Waals surface area contributed by atoms with Crippen LogP contribution in [0.15, 0.2) is 0 Å². The zero-order valence-electron chi connectivity index (χ0n) is 12.6. The summed E-state index contributed by atoms with van der Waals surface area (Å²) < 4.78 is 4.78. The predicted molar refractivity (Wildman–Crippen MR) is 77.0 cm³/mol. The third-order valence-corrected chi connectivity index (χ3v) is 2.72. The van der Waals surface area contributed by atoms with Crippen molar-refractivity contribution in [2.75, 3.05) is 26.8 Å². The molecule has 0 fully saturated rings. The molecule has 0 aromatic heterocycles. The van der Waals surface area contributed by atoms with Crippen molar-refractivity contribution in [3.63, 3.8) is 0 Å². The van der Waals surface area contributed by atoms with Gasteiger partial charge in [-0.05, 0) is 6.42 Å². The Morgan fingerprint density at radius 2 is 1.90 bits per heavy atom. The molecule has 8 heteroatoms. The smallest absolute Gasteiger partial charge is 0.326 e. The van der Waals surface area contributed by atoms with E-state index in [1.807, 2.05) is 6.92 Å². The lowest BCUT2D eigenvalue weighted by Gasteiger charge is -2.14. The number of rotatable bonds is 11.